The average Bonchev–Trinajstić information content (AvgIpc) is 3.57. The minimum Gasteiger partial charge on any atom is -0.486 e. The third-order valence-corrected chi connectivity index (χ3v) is 7.30. The van der Waals surface area contributed by atoms with Crippen LogP contribution in [0.25, 0.3) is 0 Å². The highest BCUT2D eigenvalue weighted by Crippen LogP contribution is 2.43. The molecular weight excluding hydrogens is 394 g/mol. The van der Waals surface area contributed by atoms with Crippen LogP contribution in [0.15, 0.2) is 35.1 Å². The molecule has 3 fully saturated rings. The fourth-order valence-electron chi connectivity index (χ4n) is 5.65. The number of piperidine rings is 1. The lowest BCUT2D eigenvalue weighted by Gasteiger charge is -2.44. The first-order valence-electron chi connectivity index (χ1n) is 11.5. The zero-order chi connectivity index (χ0) is 21.0. The maximum Gasteiger partial charge on any atom is 0.266 e. The standard InChI is InChI=1S/C24H29N3O4/c28-23-8-6-20(17-2-3-17)25-27(23)15-24(29)12-18-4-5-19(13-24)26(18)14-16-1-7-21-22(11-16)31-10-9-30-21/h1,6-8,11,17-19,29H,2-5,9-10,12-15H2. The summed E-state index contributed by atoms with van der Waals surface area (Å²) >= 11 is 0. The first kappa shape index (κ1) is 19.3. The molecule has 1 aromatic carbocycles. The van der Waals surface area contributed by atoms with E-state index in [1.54, 1.807) is 6.07 Å². The number of aromatic nitrogens is 2. The van der Waals surface area contributed by atoms with Crippen molar-refractivity contribution in [1.82, 2.24) is 14.7 Å². The van der Waals surface area contributed by atoms with Crippen molar-refractivity contribution in [3.8, 4) is 11.5 Å². The topological polar surface area (TPSA) is 76.8 Å². The second-order valence-electron chi connectivity index (χ2n) is 9.70. The Kier molecular flexibility index (Phi) is 4.58. The molecule has 4 aliphatic rings. The van der Waals surface area contributed by atoms with Gasteiger partial charge in [-0.2, -0.15) is 5.10 Å². The van der Waals surface area contributed by atoms with Gasteiger partial charge in [0.1, 0.15) is 13.2 Å². The molecule has 7 heteroatoms. The van der Waals surface area contributed by atoms with Crippen LogP contribution in [0, 0.1) is 0 Å². The van der Waals surface area contributed by atoms with Gasteiger partial charge in [0, 0.05) is 30.6 Å². The van der Waals surface area contributed by atoms with Gasteiger partial charge >= 0.3 is 0 Å². The number of ether oxygens (including phenoxy) is 2. The Hall–Kier alpha value is -2.38. The van der Waals surface area contributed by atoms with E-state index >= 15 is 0 Å². The molecule has 164 valence electrons. The molecular formula is C24H29N3O4. The van der Waals surface area contributed by atoms with Crippen LogP contribution in [0.1, 0.15) is 55.7 Å². The van der Waals surface area contributed by atoms with Gasteiger partial charge in [0.15, 0.2) is 11.5 Å². The molecule has 2 atom stereocenters. The summed E-state index contributed by atoms with van der Waals surface area (Å²) in [7, 11) is 0. The summed E-state index contributed by atoms with van der Waals surface area (Å²) in [4.78, 5) is 14.9. The number of hydrogen-bond acceptors (Lipinski definition) is 6. The lowest BCUT2D eigenvalue weighted by atomic mass is 9.85. The summed E-state index contributed by atoms with van der Waals surface area (Å²) in [6.07, 6.45) is 5.82. The van der Waals surface area contributed by atoms with E-state index in [1.165, 1.54) is 10.2 Å². The second kappa shape index (κ2) is 7.35. The maximum absolute atomic E-state index is 12.4. The molecule has 2 unspecified atom stereocenters. The van der Waals surface area contributed by atoms with Gasteiger partial charge in [-0.3, -0.25) is 9.69 Å². The normalized spacial score (nSPS) is 29.8. The predicted octanol–water partition coefficient (Wildman–Crippen LogP) is 2.45. The van der Waals surface area contributed by atoms with Gasteiger partial charge in [-0.25, -0.2) is 4.68 Å². The van der Waals surface area contributed by atoms with Gasteiger partial charge in [0.25, 0.3) is 5.56 Å². The van der Waals surface area contributed by atoms with E-state index in [0.29, 0.717) is 44.1 Å². The van der Waals surface area contributed by atoms with E-state index in [-0.39, 0.29) is 12.1 Å². The van der Waals surface area contributed by atoms with Crippen LogP contribution in [-0.2, 0) is 13.1 Å². The van der Waals surface area contributed by atoms with Crippen LogP contribution in [0.3, 0.4) is 0 Å². The van der Waals surface area contributed by atoms with Crippen molar-refractivity contribution in [3.05, 3.63) is 51.9 Å². The van der Waals surface area contributed by atoms with Crippen molar-refractivity contribution < 1.29 is 14.6 Å². The van der Waals surface area contributed by atoms with E-state index in [2.05, 4.69) is 22.1 Å². The maximum atomic E-state index is 12.4. The molecule has 4 heterocycles. The Morgan fingerprint density at radius 3 is 2.48 bits per heavy atom. The van der Waals surface area contributed by atoms with Crippen molar-refractivity contribution in [3.63, 3.8) is 0 Å². The molecule has 1 aliphatic carbocycles. The molecule has 0 spiro atoms. The Morgan fingerprint density at radius 2 is 1.74 bits per heavy atom. The lowest BCUT2D eigenvalue weighted by molar-refractivity contribution is -0.0678. The monoisotopic (exact) mass is 423 g/mol. The Bertz CT molecular complexity index is 1030. The van der Waals surface area contributed by atoms with E-state index in [4.69, 9.17) is 9.47 Å². The molecule has 31 heavy (non-hydrogen) atoms. The zero-order valence-electron chi connectivity index (χ0n) is 17.7. The van der Waals surface area contributed by atoms with Crippen LogP contribution < -0.4 is 15.0 Å². The minimum absolute atomic E-state index is 0.121. The van der Waals surface area contributed by atoms with Crippen molar-refractivity contribution >= 4 is 0 Å². The van der Waals surface area contributed by atoms with Gasteiger partial charge in [-0.15, -0.1) is 0 Å². The van der Waals surface area contributed by atoms with Crippen molar-refractivity contribution in [2.45, 2.75) is 75.2 Å². The Balaban J connectivity index is 1.17. The molecule has 1 N–H and O–H groups in total. The summed E-state index contributed by atoms with van der Waals surface area (Å²) in [5.74, 6) is 2.13. The smallest absolute Gasteiger partial charge is 0.266 e. The molecule has 3 aliphatic heterocycles. The Labute approximate surface area is 181 Å². The summed E-state index contributed by atoms with van der Waals surface area (Å²) in [6.45, 7) is 2.32. The second-order valence-corrected chi connectivity index (χ2v) is 9.70. The molecule has 1 aromatic heterocycles. The summed E-state index contributed by atoms with van der Waals surface area (Å²) in [5, 5.41) is 16.0. The number of fused-ring (bicyclic) bond motifs is 3. The minimum atomic E-state index is -0.881. The fraction of sp³-hybridized carbons (Fsp3) is 0.583. The van der Waals surface area contributed by atoms with E-state index < -0.39 is 5.60 Å². The van der Waals surface area contributed by atoms with Crippen LogP contribution >= 0.6 is 0 Å². The molecule has 1 saturated carbocycles. The number of nitrogens with zero attached hydrogens (tertiary/aromatic N) is 3. The molecule has 2 aromatic rings. The van der Waals surface area contributed by atoms with Gasteiger partial charge in [-0.05, 0) is 62.3 Å². The molecule has 0 amide bonds. The van der Waals surface area contributed by atoms with Gasteiger partial charge < -0.3 is 14.6 Å². The van der Waals surface area contributed by atoms with Crippen molar-refractivity contribution in [1.29, 1.82) is 0 Å². The van der Waals surface area contributed by atoms with Crippen molar-refractivity contribution in [2.75, 3.05) is 13.2 Å². The van der Waals surface area contributed by atoms with Crippen LogP contribution in [0.5, 0.6) is 11.5 Å². The number of hydrogen-bond donors (Lipinski definition) is 1. The number of aliphatic hydroxyl groups is 1. The summed E-state index contributed by atoms with van der Waals surface area (Å²) < 4.78 is 12.9. The zero-order valence-corrected chi connectivity index (χ0v) is 17.7. The highest BCUT2D eigenvalue weighted by molar-refractivity contribution is 5.43. The van der Waals surface area contributed by atoms with E-state index in [1.807, 2.05) is 12.1 Å². The average molecular weight is 424 g/mol. The molecule has 7 nitrogen and oxygen atoms in total. The van der Waals surface area contributed by atoms with Crippen LogP contribution in [0.2, 0.25) is 0 Å². The number of rotatable bonds is 5. The third-order valence-electron chi connectivity index (χ3n) is 7.30. The molecule has 0 radical (unpaired) electrons. The highest BCUT2D eigenvalue weighted by Gasteiger charge is 2.47. The van der Waals surface area contributed by atoms with Gasteiger partial charge in [0.05, 0.1) is 17.8 Å². The Morgan fingerprint density at radius 1 is 1.00 bits per heavy atom. The lowest BCUT2D eigenvalue weighted by Crippen LogP contribution is -2.53. The fourth-order valence-corrected chi connectivity index (χ4v) is 5.65. The van der Waals surface area contributed by atoms with Gasteiger partial charge in [-0.1, -0.05) is 6.07 Å². The van der Waals surface area contributed by atoms with Crippen LogP contribution in [-0.4, -0.2) is 50.7 Å². The largest absolute Gasteiger partial charge is 0.486 e. The quantitative estimate of drug-likeness (QED) is 0.796. The van der Waals surface area contributed by atoms with E-state index in [0.717, 1.165) is 49.4 Å². The molecule has 6 rings (SSSR count). The third kappa shape index (κ3) is 3.74. The summed E-state index contributed by atoms with van der Waals surface area (Å²) in [5.41, 5.74) is 1.20. The van der Waals surface area contributed by atoms with Crippen molar-refractivity contribution in [2.24, 2.45) is 0 Å². The highest BCUT2D eigenvalue weighted by atomic mass is 16.6. The first-order valence-corrected chi connectivity index (χ1v) is 11.5. The first-order chi connectivity index (χ1) is 15.1. The van der Waals surface area contributed by atoms with Crippen LogP contribution in [0.4, 0.5) is 0 Å². The molecule has 2 saturated heterocycles. The predicted molar refractivity (Wildman–Crippen MR) is 114 cm³/mol. The molecule has 2 bridgehead atoms. The van der Waals surface area contributed by atoms with Gasteiger partial charge in [0.2, 0.25) is 0 Å². The summed E-state index contributed by atoms with van der Waals surface area (Å²) in [6, 6.07) is 10.3. The SMILES string of the molecule is O=c1ccc(C2CC2)nn1CC1(O)CC2CCC(C1)N2Cc1ccc2c(c1)OCCO2. The number of benzene rings is 1. The van der Waals surface area contributed by atoms with E-state index in [9.17, 15) is 9.90 Å².